The highest BCUT2D eigenvalue weighted by molar-refractivity contribution is 7.92. The third kappa shape index (κ3) is 7.85. The van der Waals surface area contributed by atoms with Crippen LogP contribution < -0.4 is 14.4 Å². The third-order valence-corrected chi connectivity index (χ3v) is 8.23. The second kappa shape index (κ2) is 13.0. The van der Waals surface area contributed by atoms with Crippen molar-refractivity contribution in [1.82, 2.24) is 10.2 Å². The predicted octanol–water partition coefficient (Wildman–Crippen LogP) is 5.03. The van der Waals surface area contributed by atoms with Crippen LogP contribution in [0.25, 0.3) is 0 Å². The summed E-state index contributed by atoms with van der Waals surface area (Å²) in [6, 6.07) is 22.8. The summed E-state index contributed by atoms with van der Waals surface area (Å²) in [6.45, 7) is 3.40. The number of benzene rings is 3. The summed E-state index contributed by atoms with van der Waals surface area (Å²) < 4.78 is 32.6. The number of rotatable bonds is 11. The quantitative estimate of drug-likeness (QED) is 0.353. The maximum Gasteiger partial charge on any atom is 0.244 e. The van der Waals surface area contributed by atoms with Crippen molar-refractivity contribution in [2.75, 3.05) is 17.1 Å². The smallest absolute Gasteiger partial charge is 0.244 e. The van der Waals surface area contributed by atoms with Crippen molar-refractivity contribution in [2.24, 2.45) is 0 Å². The SMILES string of the molecule is Cc1cccc(CN(C(=O)CN(c2ccc(Oc3ccccc3)cc2)S(C)(=O)=O)[C@@H](C)C(=O)NC2CCCC2)c1. The van der Waals surface area contributed by atoms with Crippen LogP contribution in [0.2, 0.25) is 0 Å². The average Bonchev–Trinajstić information content (AvgIpc) is 3.43. The zero-order chi connectivity index (χ0) is 28.7. The van der Waals surface area contributed by atoms with Crippen molar-refractivity contribution in [3.63, 3.8) is 0 Å². The van der Waals surface area contributed by atoms with E-state index in [4.69, 9.17) is 4.74 Å². The number of aryl methyl sites for hydroxylation is 1. The number of ether oxygens (including phenoxy) is 1. The van der Waals surface area contributed by atoms with E-state index in [1.54, 1.807) is 31.2 Å². The van der Waals surface area contributed by atoms with Crippen molar-refractivity contribution >= 4 is 27.5 Å². The summed E-state index contributed by atoms with van der Waals surface area (Å²) >= 11 is 0. The van der Waals surface area contributed by atoms with Crippen LogP contribution in [0.1, 0.15) is 43.7 Å². The van der Waals surface area contributed by atoms with E-state index in [1.807, 2.05) is 61.5 Å². The number of sulfonamides is 1. The minimum absolute atomic E-state index is 0.106. The van der Waals surface area contributed by atoms with Crippen molar-refractivity contribution in [2.45, 2.75) is 58.2 Å². The Labute approximate surface area is 237 Å². The number of hydrogen-bond acceptors (Lipinski definition) is 5. The number of para-hydroxylation sites is 1. The number of amides is 2. The van der Waals surface area contributed by atoms with Gasteiger partial charge in [0, 0.05) is 12.6 Å². The highest BCUT2D eigenvalue weighted by atomic mass is 32.2. The Balaban J connectivity index is 1.55. The van der Waals surface area contributed by atoms with Crippen LogP contribution >= 0.6 is 0 Å². The standard InChI is InChI=1S/C31H37N3O5S/c1-23-10-9-11-25(20-23)21-33(24(2)31(36)32-26-12-7-8-13-26)30(35)22-34(40(3,37)38)27-16-18-29(19-17-27)39-28-14-5-4-6-15-28/h4-6,9-11,14-20,24,26H,7-8,12-13,21-22H2,1-3H3,(H,32,36)/t24-/m0/s1. The third-order valence-electron chi connectivity index (χ3n) is 7.09. The molecule has 4 rings (SSSR count). The van der Waals surface area contributed by atoms with E-state index < -0.39 is 28.5 Å². The maximum atomic E-state index is 13.8. The van der Waals surface area contributed by atoms with E-state index >= 15 is 0 Å². The largest absolute Gasteiger partial charge is 0.457 e. The maximum absolute atomic E-state index is 13.8. The van der Waals surface area contributed by atoms with E-state index in [2.05, 4.69) is 5.32 Å². The first-order valence-electron chi connectivity index (χ1n) is 13.6. The predicted molar refractivity (Wildman–Crippen MR) is 157 cm³/mol. The minimum atomic E-state index is -3.82. The summed E-state index contributed by atoms with van der Waals surface area (Å²) in [7, 11) is -3.82. The van der Waals surface area contributed by atoms with Gasteiger partial charge in [0.2, 0.25) is 21.8 Å². The van der Waals surface area contributed by atoms with Crippen LogP contribution in [-0.4, -0.2) is 50.0 Å². The van der Waals surface area contributed by atoms with Gasteiger partial charge in [0.15, 0.2) is 0 Å². The fourth-order valence-corrected chi connectivity index (χ4v) is 5.75. The van der Waals surface area contributed by atoms with Crippen LogP contribution in [0.4, 0.5) is 5.69 Å². The fraction of sp³-hybridized carbons (Fsp3) is 0.355. The molecule has 0 aliphatic heterocycles. The topological polar surface area (TPSA) is 96.0 Å². The molecule has 0 spiro atoms. The van der Waals surface area contributed by atoms with Crippen molar-refractivity contribution in [3.8, 4) is 11.5 Å². The lowest BCUT2D eigenvalue weighted by molar-refractivity contribution is -0.139. The van der Waals surface area contributed by atoms with E-state index in [-0.39, 0.29) is 18.5 Å². The molecule has 0 bridgehead atoms. The molecule has 3 aromatic carbocycles. The lowest BCUT2D eigenvalue weighted by Gasteiger charge is -2.32. The van der Waals surface area contributed by atoms with Gasteiger partial charge in [0.05, 0.1) is 11.9 Å². The Morgan fingerprint density at radius 2 is 1.60 bits per heavy atom. The highest BCUT2D eigenvalue weighted by Crippen LogP contribution is 2.26. The molecule has 0 saturated heterocycles. The van der Waals surface area contributed by atoms with Gasteiger partial charge in [0.1, 0.15) is 24.1 Å². The normalized spacial score (nSPS) is 14.4. The lowest BCUT2D eigenvalue weighted by Crippen LogP contribution is -2.52. The molecular weight excluding hydrogens is 526 g/mol. The zero-order valence-corrected chi connectivity index (χ0v) is 24.1. The fourth-order valence-electron chi connectivity index (χ4n) is 4.90. The Hall–Kier alpha value is -3.85. The molecule has 8 nitrogen and oxygen atoms in total. The molecule has 1 aliphatic carbocycles. The van der Waals surface area contributed by atoms with Gasteiger partial charge in [-0.15, -0.1) is 0 Å². The molecule has 1 aliphatic rings. The molecule has 40 heavy (non-hydrogen) atoms. The first-order valence-corrected chi connectivity index (χ1v) is 15.4. The van der Waals surface area contributed by atoms with E-state index in [0.717, 1.165) is 47.4 Å². The second-order valence-corrected chi connectivity index (χ2v) is 12.3. The molecule has 1 saturated carbocycles. The number of hydrogen-bond donors (Lipinski definition) is 1. The van der Waals surface area contributed by atoms with Crippen molar-refractivity contribution < 1.29 is 22.7 Å². The molecule has 0 unspecified atom stereocenters. The van der Waals surface area contributed by atoms with Crippen molar-refractivity contribution in [3.05, 3.63) is 90.0 Å². The Morgan fingerprint density at radius 3 is 2.23 bits per heavy atom. The van der Waals surface area contributed by atoms with Crippen LogP contribution in [0.15, 0.2) is 78.9 Å². The average molecular weight is 564 g/mol. The number of anilines is 1. The van der Waals surface area contributed by atoms with Gasteiger partial charge < -0.3 is 15.0 Å². The summed E-state index contributed by atoms with van der Waals surface area (Å²) in [5.74, 6) is 0.488. The van der Waals surface area contributed by atoms with E-state index in [0.29, 0.717) is 17.2 Å². The molecule has 1 N–H and O–H groups in total. The zero-order valence-electron chi connectivity index (χ0n) is 23.2. The van der Waals surface area contributed by atoms with Gasteiger partial charge in [-0.1, -0.05) is 60.9 Å². The van der Waals surface area contributed by atoms with Gasteiger partial charge in [-0.2, -0.15) is 0 Å². The number of nitrogens with one attached hydrogen (secondary N) is 1. The summed E-state index contributed by atoms with van der Waals surface area (Å²) in [5, 5.41) is 3.07. The van der Waals surface area contributed by atoms with E-state index in [9.17, 15) is 18.0 Å². The summed E-state index contributed by atoms with van der Waals surface area (Å²) in [5.41, 5.74) is 2.22. The number of nitrogens with zero attached hydrogens (tertiary/aromatic N) is 2. The first-order chi connectivity index (χ1) is 19.1. The Bertz CT molecular complexity index is 1400. The van der Waals surface area contributed by atoms with Crippen molar-refractivity contribution in [1.29, 1.82) is 0 Å². The number of carbonyl (C=O) groups is 2. The van der Waals surface area contributed by atoms with E-state index in [1.165, 1.54) is 4.90 Å². The van der Waals surface area contributed by atoms with Gasteiger partial charge in [-0.25, -0.2) is 8.42 Å². The van der Waals surface area contributed by atoms with Gasteiger partial charge in [0.25, 0.3) is 0 Å². The molecule has 2 amide bonds. The molecule has 3 aromatic rings. The van der Waals surface area contributed by atoms with Crippen LogP contribution in [0.5, 0.6) is 11.5 Å². The van der Waals surface area contributed by atoms with Crippen LogP contribution in [0.3, 0.4) is 0 Å². The van der Waals surface area contributed by atoms with Gasteiger partial charge in [-0.05, 0) is 68.7 Å². The second-order valence-electron chi connectivity index (χ2n) is 10.4. The molecule has 0 radical (unpaired) electrons. The van der Waals surface area contributed by atoms with Crippen LogP contribution in [0, 0.1) is 6.92 Å². The molecule has 9 heteroatoms. The molecule has 212 valence electrons. The molecule has 0 heterocycles. The molecule has 1 atom stereocenters. The number of carbonyl (C=O) groups excluding carboxylic acids is 2. The Kier molecular flexibility index (Phi) is 9.47. The minimum Gasteiger partial charge on any atom is -0.457 e. The van der Waals surface area contributed by atoms with Gasteiger partial charge >= 0.3 is 0 Å². The summed E-state index contributed by atoms with van der Waals surface area (Å²) in [6.07, 6.45) is 5.07. The highest BCUT2D eigenvalue weighted by Gasteiger charge is 2.31. The lowest BCUT2D eigenvalue weighted by atomic mass is 10.1. The molecule has 1 fully saturated rings. The Morgan fingerprint density at radius 1 is 0.950 bits per heavy atom. The van der Waals surface area contributed by atoms with Crippen LogP contribution in [-0.2, 0) is 26.2 Å². The monoisotopic (exact) mass is 563 g/mol. The first kappa shape index (κ1) is 29.1. The molecular formula is C31H37N3O5S. The molecule has 0 aromatic heterocycles. The van der Waals surface area contributed by atoms with Gasteiger partial charge in [-0.3, -0.25) is 13.9 Å². The summed E-state index contributed by atoms with van der Waals surface area (Å²) in [4.78, 5) is 28.4.